The average Bonchev–Trinajstić information content (AvgIpc) is 2.56. The van der Waals surface area contributed by atoms with Gasteiger partial charge in [-0.2, -0.15) is 0 Å². The van der Waals surface area contributed by atoms with Gasteiger partial charge in [0.2, 0.25) is 5.91 Å². The second-order valence-electron chi connectivity index (χ2n) is 3.37. The lowest BCUT2D eigenvalue weighted by molar-refractivity contribution is -0.124. The van der Waals surface area contributed by atoms with Crippen LogP contribution in [0.2, 0.25) is 0 Å². The first-order valence-corrected chi connectivity index (χ1v) is 4.54. The highest BCUT2D eigenvalue weighted by Gasteiger charge is 2.58. The van der Waals surface area contributed by atoms with E-state index in [1.54, 1.807) is 0 Å². The molecule has 0 aromatic rings. The van der Waals surface area contributed by atoms with Crippen molar-refractivity contribution in [2.75, 3.05) is 13.2 Å². The van der Waals surface area contributed by atoms with E-state index in [9.17, 15) is 4.79 Å². The van der Waals surface area contributed by atoms with Gasteiger partial charge < -0.3 is 10.5 Å². The zero-order valence-corrected chi connectivity index (χ0v) is 7.76. The van der Waals surface area contributed by atoms with Crippen molar-refractivity contribution >= 4 is 23.2 Å². The molecule has 6 heteroatoms. The summed E-state index contributed by atoms with van der Waals surface area (Å²) < 4.78 is 5.16. The van der Waals surface area contributed by atoms with Gasteiger partial charge in [-0.15, -0.1) is 0 Å². The first-order valence-electron chi connectivity index (χ1n) is 4.13. The minimum absolute atomic E-state index is 0.0360. The van der Waals surface area contributed by atoms with Crippen LogP contribution in [0.15, 0.2) is 0 Å². The molecule has 2 rings (SSSR count). The van der Waals surface area contributed by atoms with Gasteiger partial charge in [0.1, 0.15) is 0 Å². The number of hydrazine groups is 1. The van der Waals surface area contributed by atoms with E-state index in [1.807, 2.05) is 0 Å². The van der Waals surface area contributed by atoms with Crippen molar-refractivity contribution in [3.8, 4) is 0 Å². The smallest absolute Gasteiger partial charge is 0.242 e. The summed E-state index contributed by atoms with van der Waals surface area (Å²) in [7, 11) is 0. The molecular formula is C7H11N3O2S. The van der Waals surface area contributed by atoms with Gasteiger partial charge >= 0.3 is 0 Å². The predicted octanol–water partition coefficient (Wildman–Crippen LogP) is -1.26. The van der Waals surface area contributed by atoms with Crippen LogP contribution >= 0.6 is 12.2 Å². The van der Waals surface area contributed by atoms with Gasteiger partial charge in [-0.25, -0.2) is 0 Å². The maximum Gasteiger partial charge on any atom is 0.242 e. The number of carbonyl (C=O) groups is 1. The Morgan fingerprint density at radius 3 is 2.54 bits per heavy atom. The van der Waals surface area contributed by atoms with E-state index >= 15 is 0 Å². The fourth-order valence-electron chi connectivity index (χ4n) is 1.84. The van der Waals surface area contributed by atoms with E-state index in [0.717, 1.165) is 0 Å². The van der Waals surface area contributed by atoms with Crippen molar-refractivity contribution in [3.05, 3.63) is 0 Å². The summed E-state index contributed by atoms with van der Waals surface area (Å²) >= 11 is 4.55. The Hall–Kier alpha value is -0.880. The third kappa shape index (κ3) is 1.59. The third-order valence-electron chi connectivity index (χ3n) is 2.56. The standard InChI is InChI=1S/C7H11N3O2S/c8-7(13)10-9-6(11)5-3-1-12-2-4(3)5/h3-5H,1-2H2,(H,9,11)(H3,8,10,13). The van der Waals surface area contributed by atoms with Crippen molar-refractivity contribution in [2.24, 2.45) is 23.5 Å². The van der Waals surface area contributed by atoms with Gasteiger partial charge in [-0.1, -0.05) is 0 Å². The van der Waals surface area contributed by atoms with Crippen LogP contribution in [0.4, 0.5) is 0 Å². The Labute approximate surface area is 81.0 Å². The van der Waals surface area contributed by atoms with E-state index in [1.165, 1.54) is 0 Å². The van der Waals surface area contributed by atoms with Crippen molar-refractivity contribution in [2.45, 2.75) is 0 Å². The first kappa shape index (κ1) is 8.71. The highest BCUT2D eigenvalue weighted by atomic mass is 32.1. The van der Waals surface area contributed by atoms with Crippen LogP contribution in [0.3, 0.4) is 0 Å². The van der Waals surface area contributed by atoms with Crippen LogP contribution in [0.5, 0.6) is 0 Å². The number of amides is 1. The van der Waals surface area contributed by atoms with Gasteiger partial charge in [-0.3, -0.25) is 15.6 Å². The van der Waals surface area contributed by atoms with Crippen molar-refractivity contribution < 1.29 is 9.53 Å². The molecule has 0 radical (unpaired) electrons. The van der Waals surface area contributed by atoms with E-state index in [-0.39, 0.29) is 16.9 Å². The number of nitrogens with one attached hydrogen (secondary N) is 2. The maximum absolute atomic E-state index is 11.4. The lowest BCUT2D eigenvalue weighted by Crippen LogP contribution is -2.45. The van der Waals surface area contributed by atoms with Gasteiger partial charge in [0, 0.05) is 11.8 Å². The van der Waals surface area contributed by atoms with Crippen LogP contribution < -0.4 is 16.6 Å². The zero-order chi connectivity index (χ0) is 9.42. The molecule has 0 spiro atoms. The topological polar surface area (TPSA) is 76.4 Å². The summed E-state index contributed by atoms with van der Waals surface area (Å²) in [4.78, 5) is 11.4. The van der Waals surface area contributed by atoms with Crippen LogP contribution in [0, 0.1) is 17.8 Å². The lowest BCUT2D eigenvalue weighted by atomic mass is 10.3. The molecule has 0 bridgehead atoms. The van der Waals surface area contributed by atoms with E-state index in [4.69, 9.17) is 10.5 Å². The quantitative estimate of drug-likeness (QED) is 0.365. The van der Waals surface area contributed by atoms with Crippen molar-refractivity contribution in [1.29, 1.82) is 0 Å². The van der Waals surface area contributed by atoms with E-state index in [0.29, 0.717) is 25.0 Å². The first-order chi connectivity index (χ1) is 6.20. The SMILES string of the molecule is NC(=S)NNC(=O)C1C2COCC21. The molecule has 1 amide bonds. The van der Waals surface area contributed by atoms with E-state index in [2.05, 4.69) is 23.1 Å². The molecule has 1 saturated carbocycles. The molecule has 1 aliphatic carbocycles. The zero-order valence-electron chi connectivity index (χ0n) is 6.95. The summed E-state index contributed by atoms with van der Waals surface area (Å²) in [6.07, 6.45) is 0. The molecule has 0 aromatic carbocycles. The molecule has 0 aromatic heterocycles. The highest BCUT2D eigenvalue weighted by Crippen LogP contribution is 2.50. The molecule has 4 N–H and O–H groups in total. The molecule has 72 valence electrons. The minimum Gasteiger partial charge on any atom is -0.381 e. The normalized spacial score (nSPS) is 34.9. The minimum atomic E-state index is -0.0360. The van der Waals surface area contributed by atoms with Gasteiger partial charge in [0.25, 0.3) is 0 Å². The molecule has 2 aliphatic rings. The Balaban J connectivity index is 1.77. The second-order valence-corrected chi connectivity index (χ2v) is 3.81. The molecule has 2 fully saturated rings. The molecule has 1 saturated heterocycles. The lowest BCUT2D eigenvalue weighted by Gasteiger charge is -2.07. The molecule has 1 aliphatic heterocycles. The highest BCUT2D eigenvalue weighted by molar-refractivity contribution is 7.80. The van der Waals surface area contributed by atoms with Crippen molar-refractivity contribution in [1.82, 2.24) is 10.9 Å². The van der Waals surface area contributed by atoms with Crippen LogP contribution in [-0.2, 0) is 9.53 Å². The number of fused-ring (bicyclic) bond motifs is 1. The summed E-state index contributed by atoms with van der Waals surface area (Å²) in [5.41, 5.74) is 10.0. The van der Waals surface area contributed by atoms with Gasteiger partial charge in [0.15, 0.2) is 5.11 Å². The molecule has 2 unspecified atom stereocenters. The number of hydrogen-bond acceptors (Lipinski definition) is 3. The average molecular weight is 201 g/mol. The molecular weight excluding hydrogens is 190 g/mol. The van der Waals surface area contributed by atoms with Crippen molar-refractivity contribution in [3.63, 3.8) is 0 Å². The summed E-state index contributed by atoms with van der Waals surface area (Å²) in [6, 6.07) is 0. The summed E-state index contributed by atoms with van der Waals surface area (Å²) in [6.45, 7) is 1.41. The molecule has 13 heavy (non-hydrogen) atoms. The summed E-state index contributed by atoms with van der Waals surface area (Å²) in [5, 5.41) is 0.0791. The van der Waals surface area contributed by atoms with Gasteiger partial charge in [0.05, 0.1) is 19.1 Å². The summed E-state index contributed by atoms with van der Waals surface area (Å²) in [5.74, 6) is 0.878. The molecule has 1 heterocycles. The van der Waals surface area contributed by atoms with Crippen LogP contribution in [-0.4, -0.2) is 24.2 Å². The fourth-order valence-corrected chi connectivity index (χ4v) is 1.89. The molecule has 2 atom stereocenters. The number of thiocarbonyl (C=S) groups is 1. The second kappa shape index (κ2) is 3.12. The van der Waals surface area contributed by atoms with Crippen LogP contribution in [0.25, 0.3) is 0 Å². The van der Waals surface area contributed by atoms with E-state index < -0.39 is 0 Å². The largest absolute Gasteiger partial charge is 0.381 e. The van der Waals surface area contributed by atoms with Crippen LogP contribution in [0.1, 0.15) is 0 Å². The Morgan fingerprint density at radius 2 is 2.00 bits per heavy atom. The predicted molar refractivity (Wildman–Crippen MR) is 49.4 cm³/mol. The number of rotatable bonds is 1. The number of hydrogen-bond donors (Lipinski definition) is 3. The maximum atomic E-state index is 11.4. The number of nitrogens with two attached hydrogens (primary N) is 1. The Morgan fingerprint density at radius 1 is 1.38 bits per heavy atom. The number of carbonyl (C=O) groups excluding carboxylic acids is 1. The Kier molecular flexibility index (Phi) is 2.09. The number of ether oxygens (including phenoxy) is 1. The Bertz CT molecular complexity index is 248. The van der Waals surface area contributed by atoms with Gasteiger partial charge in [-0.05, 0) is 12.2 Å². The molecule has 5 nitrogen and oxygen atoms in total. The monoisotopic (exact) mass is 201 g/mol. The third-order valence-corrected chi connectivity index (χ3v) is 2.67. The fraction of sp³-hybridized carbons (Fsp3) is 0.714.